The summed E-state index contributed by atoms with van der Waals surface area (Å²) in [5.74, 6) is -0.649. The minimum atomic E-state index is -3.11. The smallest absolute Gasteiger partial charge is 0.399 e. The van der Waals surface area contributed by atoms with E-state index in [1.807, 2.05) is 91.8 Å². The van der Waals surface area contributed by atoms with Crippen molar-refractivity contribution in [3.8, 4) is 11.1 Å². The van der Waals surface area contributed by atoms with Gasteiger partial charge in [0, 0.05) is 41.8 Å². The number of ketones is 2. The Kier molecular flexibility index (Phi) is 32.7. The molecule has 2 aromatic carbocycles. The van der Waals surface area contributed by atoms with Crippen LogP contribution in [0.5, 0.6) is 0 Å². The normalized spacial score (nSPS) is 12.0. The lowest BCUT2D eigenvalue weighted by atomic mass is 9.79. The lowest BCUT2D eigenvalue weighted by Crippen LogP contribution is -2.41. The Morgan fingerprint density at radius 3 is 1.14 bits per heavy atom. The molecule has 0 unspecified atom stereocenters. The van der Waals surface area contributed by atoms with Crippen LogP contribution in [0.25, 0.3) is 11.1 Å². The van der Waals surface area contributed by atoms with Gasteiger partial charge in [0.05, 0.1) is 11.2 Å². The fraction of sp³-hybridized carbons (Fsp3) is 0.381. The number of aromatic nitrogens is 2. The molecule has 0 atom stereocenters. The highest BCUT2D eigenvalue weighted by Gasteiger charge is 2.51. The molecule has 72 heavy (non-hydrogen) atoms. The van der Waals surface area contributed by atoms with Gasteiger partial charge in [0.2, 0.25) is 0 Å². The molecule has 30 heteroatoms. The minimum absolute atomic E-state index is 0.0321. The number of hydrogen-bond acceptors (Lipinski definition) is 22. The molecule has 1 fully saturated rings. The molecule has 2 amide bonds. The van der Waals surface area contributed by atoms with E-state index in [1.54, 1.807) is 36.4 Å². The van der Waals surface area contributed by atoms with Crippen LogP contribution < -0.4 is 27.6 Å². The highest BCUT2D eigenvalue weighted by Crippen LogP contribution is 2.36. The maximum absolute atomic E-state index is 12.2. The van der Waals surface area contributed by atoms with E-state index in [9.17, 15) is 19.2 Å². The van der Waals surface area contributed by atoms with Crippen molar-refractivity contribution in [1.82, 2.24) is 20.6 Å². The number of halogens is 1. The molecule has 24 nitrogen and oxygen atoms in total. The molecule has 0 saturated carbocycles. The Labute approximate surface area is 431 Å². The molecule has 0 aliphatic carbocycles. The number of rotatable bonds is 12. The van der Waals surface area contributed by atoms with E-state index in [1.165, 1.54) is 0 Å². The summed E-state index contributed by atoms with van der Waals surface area (Å²) >= 11 is 3.25. The quantitative estimate of drug-likeness (QED) is 0.0898. The fourth-order valence-electron chi connectivity index (χ4n) is 5.23. The summed E-state index contributed by atoms with van der Waals surface area (Å²) in [4.78, 5) is 56.0. The van der Waals surface area contributed by atoms with E-state index >= 15 is 0 Å². The fourth-order valence-corrected chi connectivity index (χ4v) is 5.67. The standard InChI is InChI=1S/C19H22N2O2.C12H18BNO2.C11H14BrN3O2.4O3S/c1-3-5-18(22)16-11-14(13-7-9-15(20)10-8-13)12-17(21-16)19(23)6-4-2;1-11(2)12(3,4)16-13(15-11)9-5-7-10(14)8-6-9;1-3-13-10(16)8-5-7(12)6-9(15-8)11(17)14-4-2;4*1-4(2)3/h7-12H,3-6,20H2,1-2H3;5-8H,14H2,1-4H3;5-6H,3-4H2,1-2H3,(H,13,16)(H,14,17);;;;. The Hall–Kier alpha value is -6.44. The molecular weight excluding hydrogens is 1100 g/mol. The first-order valence-corrected chi connectivity index (χ1v) is 25.6. The van der Waals surface area contributed by atoms with E-state index in [2.05, 4.69) is 36.5 Å². The molecule has 1 saturated heterocycles. The van der Waals surface area contributed by atoms with E-state index < -0.39 is 42.4 Å². The first kappa shape index (κ1) is 67.6. The third-order valence-corrected chi connectivity index (χ3v) is 9.44. The van der Waals surface area contributed by atoms with Crippen LogP contribution in [0.4, 0.5) is 11.4 Å². The monoisotopic (exact) mass is 1150 g/mol. The molecule has 1 aliphatic heterocycles. The first-order chi connectivity index (χ1) is 33.4. The van der Waals surface area contributed by atoms with Crippen molar-refractivity contribution in [2.45, 2.75) is 92.3 Å². The Morgan fingerprint density at radius 1 is 0.528 bits per heavy atom. The SMILES string of the molecule is CC1(C)OB(c2ccc(N)cc2)OC1(C)C.CCCC(=O)c1cc(-c2ccc(N)cc2)cc(C(=O)CCC)n1.CCNC(=O)c1cc(Br)cc(C(=O)NCC)n1.O=S(=O)=O.O=S(=O)=O.O=S(=O)=O.O=S(=O)=O. The highest BCUT2D eigenvalue weighted by molar-refractivity contribution is 9.10. The molecule has 394 valence electrons. The van der Waals surface area contributed by atoms with Crippen LogP contribution in [0.1, 0.15) is 123 Å². The van der Waals surface area contributed by atoms with Crippen molar-refractivity contribution in [2.24, 2.45) is 0 Å². The number of hydrogen-bond donors (Lipinski definition) is 4. The third kappa shape index (κ3) is 29.0. The van der Waals surface area contributed by atoms with Crippen LogP contribution >= 0.6 is 15.9 Å². The van der Waals surface area contributed by atoms with Gasteiger partial charge in [-0.05, 0) is 120 Å². The average Bonchev–Trinajstić information content (AvgIpc) is 3.49. The molecule has 1 aliphatic rings. The van der Waals surface area contributed by atoms with Crippen LogP contribution in [0.3, 0.4) is 0 Å². The van der Waals surface area contributed by atoms with E-state index in [4.69, 9.17) is 71.3 Å². The second kappa shape index (κ2) is 34.8. The van der Waals surface area contributed by atoms with Gasteiger partial charge >= 0.3 is 49.6 Å². The van der Waals surface area contributed by atoms with Crippen molar-refractivity contribution in [3.63, 3.8) is 0 Å². The van der Waals surface area contributed by atoms with E-state index in [-0.39, 0.29) is 53.1 Å². The lowest BCUT2D eigenvalue weighted by molar-refractivity contribution is 0.00578. The first-order valence-electron chi connectivity index (χ1n) is 20.8. The predicted octanol–water partition coefficient (Wildman–Crippen LogP) is 3.19. The van der Waals surface area contributed by atoms with Gasteiger partial charge in [0.25, 0.3) is 11.8 Å². The van der Waals surface area contributed by atoms with Gasteiger partial charge in [-0.25, -0.2) is 9.97 Å². The number of pyridine rings is 2. The van der Waals surface area contributed by atoms with E-state index in [0.717, 1.165) is 35.1 Å². The second-order valence-corrected chi connectivity index (χ2v) is 17.5. The number of amides is 2. The summed E-state index contributed by atoms with van der Waals surface area (Å²) < 4.78 is 114. The summed E-state index contributed by atoms with van der Waals surface area (Å²) in [7, 11) is -12.7. The van der Waals surface area contributed by atoms with Gasteiger partial charge in [-0.3, -0.25) is 19.2 Å². The molecule has 0 radical (unpaired) electrons. The van der Waals surface area contributed by atoms with Crippen molar-refractivity contribution in [3.05, 3.63) is 100 Å². The summed E-state index contributed by atoms with van der Waals surface area (Å²) in [5, 5.41) is 5.27. The van der Waals surface area contributed by atoms with Crippen molar-refractivity contribution >= 4 is 106 Å². The number of benzene rings is 2. The molecule has 4 aromatic rings. The predicted molar refractivity (Wildman–Crippen MR) is 266 cm³/mol. The minimum Gasteiger partial charge on any atom is -0.399 e. The topological polar surface area (TPSA) is 393 Å². The van der Waals surface area contributed by atoms with Gasteiger partial charge in [-0.1, -0.05) is 54.0 Å². The van der Waals surface area contributed by atoms with Gasteiger partial charge < -0.3 is 31.4 Å². The zero-order chi connectivity index (χ0) is 55.9. The maximum Gasteiger partial charge on any atom is 0.494 e. The van der Waals surface area contributed by atoms with Crippen LogP contribution in [-0.4, -0.2) is 115 Å². The second-order valence-electron chi connectivity index (χ2n) is 14.9. The molecule has 5 rings (SSSR count). The number of nitrogen functional groups attached to an aromatic ring is 2. The van der Waals surface area contributed by atoms with Crippen LogP contribution in [-0.2, 0) is 51.7 Å². The molecule has 0 bridgehead atoms. The third-order valence-electron chi connectivity index (χ3n) is 8.99. The maximum atomic E-state index is 12.2. The number of carbonyl (C=O) groups excluding carboxylic acids is 4. The lowest BCUT2D eigenvalue weighted by Gasteiger charge is -2.32. The molecular formula is C42H54BBrN6O18S4. The molecule has 3 heterocycles. The van der Waals surface area contributed by atoms with E-state index in [0.29, 0.717) is 47.5 Å². The van der Waals surface area contributed by atoms with Crippen LogP contribution in [0.2, 0.25) is 0 Å². The number of Topliss-reactive ketones (excluding diaryl/α,β-unsaturated/α-hetero) is 2. The van der Waals surface area contributed by atoms with Crippen molar-refractivity contribution in [1.29, 1.82) is 0 Å². The molecule has 6 N–H and O–H groups in total. The van der Waals surface area contributed by atoms with Gasteiger partial charge in [-0.15, -0.1) is 50.5 Å². The summed E-state index contributed by atoms with van der Waals surface area (Å²) in [6.45, 7) is 16.8. The zero-order valence-electron chi connectivity index (χ0n) is 40.2. The number of nitrogens with two attached hydrogens (primary N) is 2. The Morgan fingerprint density at radius 2 is 0.833 bits per heavy atom. The van der Waals surface area contributed by atoms with Gasteiger partial charge in [-0.2, -0.15) is 0 Å². The number of anilines is 2. The number of nitrogens with zero attached hydrogens (tertiary/aromatic N) is 2. The summed E-state index contributed by atoms with van der Waals surface area (Å²) in [6.07, 6.45) is 2.37. The van der Waals surface area contributed by atoms with Crippen molar-refractivity contribution in [2.75, 3.05) is 24.6 Å². The Bertz CT molecular complexity index is 2690. The molecule has 2 aromatic heterocycles. The summed E-state index contributed by atoms with van der Waals surface area (Å²) in [5.41, 5.74) is 16.1. The average molecular weight is 1150 g/mol. The zero-order valence-corrected chi connectivity index (χ0v) is 45.0. The van der Waals surface area contributed by atoms with Crippen LogP contribution in [0, 0.1) is 0 Å². The largest absolute Gasteiger partial charge is 0.494 e. The van der Waals surface area contributed by atoms with Crippen LogP contribution in [0.15, 0.2) is 77.3 Å². The van der Waals surface area contributed by atoms with Gasteiger partial charge in [0.15, 0.2) is 11.6 Å². The molecule has 0 spiro atoms. The Balaban J connectivity index is 0. The highest BCUT2D eigenvalue weighted by atomic mass is 79.9. The number of nitrogens with one attached hydrogen (secondary N) is 2. The summed E-state index contributed by atoms with van der Waals surface area (Å²) in [6, 6.07) is 21.6. The number of carbonyl (C=O) groups is 4. The van der Waals surface area contributed by atoms with Crippen molar-refractivity contribution < 1.29 is 79.0 Å². The van der Waals surface area contributed by atoms with Gasteiger partial charge in [0.1, 0.15) is 22.8 Å².